The van der Waals surface area contributed by atoms with Gasteiger partial charge in [-0.15, -0.1) is 0 Å². The predicted molar refractivity (Wildman–Crippen MR) is 98.3 cm³/mol. The fraction of sp³-hybridized carbons (Fsp3) is 0.111. The average molecular weight is 421 g/mol. The lowest BCUT2D eigenvalue weighted by Crippen LogP contribution is -2.40. The summed E-state index contributed by atoms with van der Waals surface area (Å²) in [6, 6.07) is 9.89. The standard InChI is InChI=1S/C18H12F3N4O3S/c1-23-14(18(19,20)21)9-15(26)25(17(23)27)10-5-6-13-11(8-10)16(22-29-13)12-4-2-3-7-24(12)28/h2-9,28H,1H3/q+1. The Bertz CT molecular complexity index is 1370. The van der Waals surface area contributed by atoms with Gasteiger partial charge in [0.2, 0.25) is 6.20 Å². The van der Waals surface area contributed by atoms with E-state index in [1.54, 1.807) is 24.3 Å². The second-order valence-electron chi connectivity index (χ2n) is 6.18. The van der Waals surface area contributed by atoms with Crippen LogP contribution in [0.4, 0.5) is 13.2 Å². The van der Waals surface area contributed by atoms with E-state index in [0.29, 0.717) is 36.7 Å². The third-order valence-electron chi connectivity index (χ3n) is 4.40. The van der Waals surface area contributed by atoms with Gasteiger partial charge in [0.25, 0.3) is 11.3 Å². The smallest absolute Gasteiger partial charge is 0.292 e. The van der Waals surface area contributed by atoms with Gasteiger partial charge < -0.3 is 0 Å². The summed E-state index contributed by atoms with van der Waals surface area (Å²) >= 11 is 1.14. The Morgan fingerprint density at radius 1 is 1.14 bits per heavy atom. The molecule has 1 N–H and O–H groups in total. The summed E-state index contributed by atoms with van der Waals surface area (Å²) in [4.78, 5) is 24.8. The van der Waals surface area contributed by atoms with Crippen molar-refractivity contribution in [3.63, 3.8) is 0 Å². The SMILES string of the molecule is Cn1c(C(F)(F)F)cc(=O)n(-c2ccc3snc(-c4cccc[n+]4O)c3c2)c1=O. The van der Waals surface area contributed by atoms with E-state index in [9.17, 15) is 28.0 Å². The molecule has 0 aliphatic heterocycles. The molecule has 29 heavy (non-hydrogen) atoms. The van der Waals surface area contributed by atoms with Gasteiger partial charge in [-0.2, -0.15) is 17.5 Å². The van der Waals surface area contributed by atoms with Gasteiger partial charge in [-0.05, 0) is 35.8 Å². The number of pyridine rings is 1. The Hall–Kier alpha value is -3.47. The van der Waals surface area contributed by atoms with Crippen LogP contribution in [0.25, 0.3) is 27.2 Å². The van der Waals surface area contributed by atoms with Crippen LogP contribution in [0.3, 0.4) is 0 Å². The minimum Gasteiger partial charge on any atom is -0.292 e. The van der Waals surface area contributed by atoms with Crippen LogP contribution in [-0.4, -0.2) is 18.7 Å². The van der Waals surface area contributed by atoms with E-state index >= 15 is 0 Å². The number of hydrogen-bond donors (Lipinski definition) is 1. The van der Waals surface area contributed by atoms with Crippen molar-refractivity contribution in [1.29, 1.82) is 0 Å². The molecule has 0 fully saturated rings. The summed E-state index contributed by atoms with van der Waals surface area (Å²) in [5, 5.41) is 10.6. The molecule has 0 saturated heterocycles. The molecule has 0 atom stereocenters. The topological polar surface area (TPSA) is 81.0 Å². The van der Waals surface area contributed by atoms with E-state index in [1.165, 1.54) is 18.3 Å². The van der Waals surface area contributed by atoms with Crippen LogP contribution in [0.15, 0.2) is 58.3 Å². The molecule has 0 amide bonds. The summed E-state index contributed by atoms with van der Waals surface area (Å²) < 4.78 is 46.1. The van der Waals surface area contributed by atoms with Gasteiger partial charge in [0.1, 0.15) is 5.69 Å². The molecular formula is C18H12F3N4O3S+. The second-order valence-corrected chi connectivity index (χ2v) is 6.99. The molecule has 3 aromatic heterocycles. The molecule has 4 rings (SSSR count). The zero-order valence-corrected chi connectivity index (χ0v) is 15.5. The van der Waals surface area contributed by atoms with Crippen molar-refractivity contribution < 1.29 is 23.1 Å². The number of halogens is 3. The number of fused-ring (bicyclic) bond motifs is 1. The van der Waals surface area contributed by atoms with Crippen LogP contribution in [-0.2, 0) is 13.2 Å². The largest absolute Gasteiger partial charge is 0.431 e. The lowest BCUT2D eigenvalue weighted by Gasteiger charge is -2.13. The summed E-state index contributed by atoms with van der Waals surface area (Å²) in [5.41, 5.74) is -2.66. The molecule has 1 aromatic carbocycles. The summed E-state index contributed by atoms with van der Waals surface area (Å²) in [6.07, 6.45) is -3.41. The first kappa shape index (κ1) is 18.9. The first-order chi connectivity index (χ1) is 13.7. The lowest BCUT2D eigenvalue weighted by atomic mass is 10.1. The highest BCUT2D eigenvalue weighted by Gasteiger charge is 2.35. The Kier molecular flexibility index (Phi) is 4.26. The maximum absolute atomic E-state index is 13.0. The minimum atomic E-state index is -4.83. The Morgan fingerprint density at radius 2 is 1.90 bits per heavy atom. The fourth-order valence-corrected chi connectivity index (χ4v) is 3.77. The van der Waals surface area contributed by atoms with Crippen molar-refractivity contribution in [2.75, 3.05) is 0 Å². The molecule has 4 aromatic rings. The van der Waals surface area contributed by atoms with E-state index in [1.807, 2.05) is 0 Å². The van der Waals surface area contributed by atoms with Gasteiger partial charge >= 0.3 is 11.9 Å². The van der Waals surface area contributed by atoms with Crippen molar-refractivity contribution >= 4 is 21.6 Å². The van der Waals surface area contributed by atoms with E-state index in [0.717, 1.165) is 23.3 Å². The summed E-state index contributed by atoms with van der Waals surface area (Å²) in [7, 11) is 0.954. The monoisotopic (exact) mass is 421 g/mol. The third kappa shape index (κ3) is 3.09. The fourth-order valence-electron chi connectivity index (χ4n) is 3.01. The third-order valence-corrected chi connectivity index (χ3v) is 5.23. The predicted octanol–water partition coefficient (Wildman–Crippen LogP) is 2.36. The number of nitrogens with zero attached hydrogens (tertiary/aromatic N) is 4. The maximum atomic E-state index is 13.0. The normalized spacial score (nSPS) is 11.9. The molecule has 0 bridgehead atoms. The van der Waals surface area contributed by atoms with Crippen LogP contribution in [0.1, 0.15) is 5.69 Å². The van der Waals surface area contributed by atoms with Crippen molar-refractivity contribution in [3.8, 4) is 17.1 Å². The van der Waals surface area contributed by atoms with Gasteiger partial charge in [-0.3, -0.25) is 14.6 Å². The molecule has 11 heteroatoms. The Balaban J connectivity index is 1.96. The lowest BCUT2D eigenvalue weighted by molar-refractivity contribution is -0.896. The van der Waals surface area contributed by atoms with Gasteiger partial charge in [0.15, 0.2) is 5.69 Å². The average Bonchev–Trinajstić information content (AvgIpc) is 3.07. The first-order valence-corrected chi connectivity index (χ1v) is 8.96. The highest BCUT2D eigenvalue weighted by Crippen LogP contribution is 2.31. The first-order valence-electron chi connectivity index (χ1n) is 8.19. The van der Waals surface area contributed by atoms with Crippen LogP contribution in [0.5, 0.6) is 0 Å². The zero-order chi connectivity index (χ0) is 20.9. The molecule has 148 valence electrons. The Morgan fingerprint density at radius 3 is 2.59 bits per heavy atom. The molecule has 0 aliphatic rings. The van der Waals surface area contributed by atoms with Crippen molar-refractivity contribution in [2.45, 2.75) is 6.18 Å². The molecule has 3 heterocycles. The number of alkyl halides is 3. The second kappa shape index (κ2) is 6.55. The molecule has 0 saturated carbocycles. The highest BCUT2D eigenvalue weighted by molar-refractivity contribution is 7.13. The quantitative estimate of drug-likeness (QED) is 0.398. The number of benzene rings is 1. The minimum absolute atomic E-state index is 0.0960. The van der Waals surface area contributed by atoms with Gasteiger partial charge in [0, 0.05) is 35.4 Å². The summed E-state index contributed by atoms with van der Waals surface area (Å²) in [5.74, 6) is 0. The molecule has 0 unspecified atom stereocenters. The van der Waals surface area contributed by atoms with Gasteiger partial charge in [0.05, 0.1) is 10.4 Å². The highest BCUT2D eigenvalue weighted by atomic mass is 32.1. The van der Waals surface area contributed by atoms with Crippen molar-refractivity contribution in [3.05, 3.63) is 75.2 Å². The van der Waals surface area contributed by atoms with Crippen LogP contribution >= 0.6 is 11.5 Å². The molecule has 7 nitrogen and oxygen atoms in total. The van der Waals surface area contributed by atoms with Crippen LogP contribution < -0.4 is 16.0 Å². The van der Waals surface area contributed by atoms with Crippen LogP contribution in [0, 0.1) is 0 Å². The molecule has 0 spiro atoms. The maximum Gasteiger partial charge on any atom is 0.431 e. The molecule has 0 aliphatic carbocycles. The van der Waals surface area contributed by atoms with Crippen molar-refractivity contribution in [1.82, 2.24) is 13.5 Å². The molecule has 0 radical (unpaired) electrons. The van der Waals surface area contributed by atoms with Gasteiger partial charge in [-0.1, -0.05) is 0 Å². The Labute approximate surface area is 164 Å². The van der Waals surface area contributed by atoms with E-state index in [-0.39, 0.29) is 5.69 Å². The van der Waals surface area contributed by atoms with Crippen LogP contribution in [0.2, 0.25) is 0 Å². The summed E-state index contributed by atoms with van der Waals surface area (Å²) in [6.45, 7) is 0. The van der Waals surface area contributed by atoms with Crippen molar-refractivity contribution in [2.24, 2.45) is 7.05 Å². The number of rotatable bonds is 2. The molecular weight excluding hydrogens is 409 g/mol. The van der Waals surface area contributed by atoms with E-state index in [2.05, 4.69) is 4.37 Å². The van der Waals surface area contributed by atoms with Gasteiger partial charge in [-0.25, -0.2) is 9.36 Å². The zero-order valence-electron chi connectivity index (χ0n) is 14.7. The van der Waals surface area contributed by atoms with E-state index in [4.69, 9.17) is 0 Å². The number of hydrogen-bond acceptors (Lipinski definition) is 5. The van der Waals surface area contributed by atoms with E-state index < -0.39 is 23.1 Å². The number of aromatic nitrogens is 4.